The summed E-state index contributed by atoms with van der Waals surface area (Å²) >= 11 is 0. The van der Waals surface area contributed by atoms with Gasteiger partial charge in [0.15, 0.2) is 0 Å². The fourth-order valence-corrected chi connectivity index (χ4v) is 3.71. The van der Waals surface area contributed by atoms with Gasteiger partial charge in [-0.05, 0) is 18.9 Å². The molecule has 24 heavy (non-hydrogen) atoms. The number of primary amides is 1. The van der Waals surface area contributed by atoms with Crippen molar-refractivity contribution in [1.82, 2.24) is 4.90 Å². The van der Waals surface area contributed by atoms with Crippen LogP contribution < -0.4 is 10.6 Å². The Balaban J connectivity index is 1.79. The number of nitrogens with two attached hydrogens (primary N) is 1. The number of nitro groups is 1. The number of nitro benzene ring substituents is 1. The van der Waals surface area contributed by atoms with E-state index in [0.29, 0.717) is 57.9 Å². The van der Waals surface area contributed by atoms with Crippen molar-refractivity contribution in [2.24, 2.45) is 5.73 Å². The number of piperidine rings is 1. The van der Waals surface area contributed by atoms with Crippen LogP contribution in [0.2, 0.25) is 0 Å². The molecule has 2 heterocycles. The molecule has 0 unspecified atom stereocenters. The van der Waals surface area contributed by atoms with E-state index in [4.69, 9.17) is 10.5 Å². The molecule has 2 aliphatic rings. The van der Waals surface area contributed by atoms with Crippen LogP contribution >= 0.6 is 0 Å². The largest absolute Gasteiger partial charge is 0.379 e. The number of carbonyl (C=O) groups is 1. The molecule has 1 amide bonds. The van der Waals surface area contributed by atoms with Gasteiger partial charge in [0.1, 0.15) is 11.2 Å². The number of ether oxygens (including phenoxy) is 1. The Morgan fingerprint density at radius 3 is 2.38 bits per heavy atom. The lowest BCUT2D eigenvalue weighted by atomic mass is 9.84. The van der Waals surface area contributed by atoms with Crippen LogP contribution in [-0.4, -0.2) is 60.7 Å². The van der Waals surface area contributed by atoms with Crippen molar-refractivity contribution < 1.29 is 14.5 Å². The lowest BCUT2D eigenvalue weighted by Crippen LogP contribution is -2.64. The third kappa shape index (κ3) is 2.94. The number of morpholine rings is 1. The van der Waals surface area contributed by atoms with Crippen molar-refractivity contribution in [1.29, 1.82) is 0 Å². The van der Waals surface area contributed by atoms with E-state index in [0.717, 1.165) is 0 Å². The van der Waals surface area contributed by atoms with E-state index < -0.39 is 5.54 Å². The van der Waals surface area contributed by atoms with Crippen molar-refractivity contribution >= 4 is 17.3 Å². The van der Waals surface area contributed by atoms with Crippen LogP contribution in [0.1, 0.15) is 12.8 Å². The average Bonchev–Trinajstić information content (AvgIpc) is 2.62. The van der Waals surface area contributed by atoms with Crippen molar-refractivity contribution in [3.05, 3.63) is 34.4 Å². The molecule has 1 aromatic rings. The van der Waals surface area contributed by atoms with Crippen LogP contribution in [-0.2, 0) is 9.53 Å². The van der Waals surface area contributed by atoms with Crippen molar-refractivity contribution in [3.8, 4) is 0 Å². The van der Waals surface area contributed by atoms with Crippen molar-refractivity contribution in [3.63, 3.8) is 0 Å². The highest BCUT2D eigenvalue weighted by Crippen LogP contribution is 2.35. The number of amides is 1. The van der Waals surface area contributed by atoms with Gasteiger partial charge in [0.05, 0.1) is 18.1 Å². The molecule has 2 aliphatic heterocycles. The second-order valence-electron chi connectivity index (χ2n) is 6.23. The van der Waals surface area contributed by atoms with Gasteiger partial charge in [0.2, 0.25) is 5.91 Å². The maximum atomic E-state index is 12.2. The molecular formula is C16H22N4O4. The highest BCUT2D eigenvalue weighted by Gasteiger charge is 2.45. The Labute approximate surface area is 140 Å². The van der Waals surface area contributed by atoms with E-state index in [1.165, 1.54) is 6.07 Å². The number of rotatable bonds is 4. The number of anilines is 1. The molecular weight excluding hydrogens is 312 g/mol. The molecule has 8 heteroatoms. The van der Waals surface area contributed by atoms with Gasteiger partial charge in [-0.25, -0.2) is 0 Å². The lowest BCUT2D eigenvalue weighted by molar-refractivity contribution is -0.384. The maximum Gasteiger partial charge on any atom is 0.292 e. The van der Waals surface area contributed by atoms with Gasteiger partial charge in [-0.2, -0.15) is 0 Å². The number of nitrogens with zero attached hydrogens (tertiary/aromatic N) is 3. The first-order valence-corrected chi connectivity index (χ1v) is 8.16. The highest BCUT2D eigenvalue weighted by atomic mass is 16.6. The zero-order valence-corrected chi connectivity index (χ0v) is 13.5. The minimum Gasteiger partial charge on any atom is -0.379 e. The summed E-state index contributed by atoms with van der Waals surface area (Å²) in [5, 5.41) is 11.2. The first-order chi connectivity index (χ1) is 11.5. The molecule has 0 radical (unpaired) electrons. The van der Waals surface area contributed by atoms with Gasteiger partial charge >= 0.3 is 0 Å². The third-order valence-corrected chi connectivity index (χ3v) is 5.08. The molecule has 130 valence electrons. The van der Waals surface area contributed by atoms with Gasteiger partial charge in [-0.3, -0.25) is 19.8 Å². The molecule has 3 rings (SSSR count). The zero-order chi connectivity index (χ0) is 17.2. The summed E-state index contributed by atoms with van der Waals surface area (Å²) in [5.41, 5.74) is 5.76. The Kier molecular flexibility index (Phi) is 4.68. The van der Waals surface area contributed by atoms with Crippen LogP contribution in [0.25, 0.3) is 0 Å². The minimum absolute atomic E-state index is 0.0930. The maximum absolute atomic E-state index is 12.2. The zero-order valence-electron chi connectivity index (χ0n) is 13.5. The molecule has 0 aromatic heterocycles. The molecule has 0 bridgehead atoms. The SMILES string of the molecule is NC(=O)C1(N2CCOCC2)CCN(c2ccccc2[N+](=O)[O-])CC1. The van der Waals surface area contributed by atoms with E-state index in [1.807, 2.05) is 4.90 Å². The van der Waals surface area contributed by atoms with E-state index in [9.17, 15) is 14.9 Å². The Morgan fingerprint density at radius 1 is 1.17 bits per heavy atom. The molecule has 2 N–H and O–H groups in total. The van der Waals surface area contributed by atoms with Crippen molar-refractivity contribution in [2.75, 3.05) is 44.3 Å². The molecule has 0 spiro atoms. The van der Waals surface area contributed by atoms with Crippen molar-refractivity contribution in [2.45, 2.75) is 18.4 Å². The first kappa shape index (κ1) is 16.7. The number of para-hydroxylation sites is 2. The predicted octanol–water partition coefficient (Wildman–Crippen LogP) is 0.751. The predicted molar refractivity (Wildman–Crippen MR) is 88.9 cm³/mol. The second-order valence-corrected chi connectivity index (χ2v) is 6.23. The van der Waals surface area contributed by atoms with Crippen LogP contribution in [0.3, 0.4) is 0 Å². The van der Waals surface area contributed by atoms with Gasteiger partial charge in [0, 0.05) is 32.2 Å². The Hall–Kier alpha value is -2.19. The molecule has 2 saturated heterocycles. The molecule has 0 aliphatic carbocycles. The fourth-order valence-electron chi connectivity index (χ4n) is 3.71. The standard InChI is InChI=1S/C16H22N4O4/c17-15(21)16(19-9-11-24-12-10-19)5-7-18(8-6-16)13-3-1-2-4-14(13)20(22)23/h1-4H,5-12H2,(H2,17,21). The summed E-state index contributed by atoms with van der Waals surface area (Å²) in [7, 11) is 0. The fraction of sp³-hybridized carbons (Fsp3) is 0.562. The van der Waals surface area contributed by atoms with E-state index in [-0.39, 0.29) is 16.5 Å². The average molecular weight is 334 g/mol. The second kappa shape index (κ2) is 6.74. The van der Waals surface area contributed by atoms with Crippen LogP contribution in [0.15, 0.2) is 24.3 Å². The number of carbonyl (C=O) groups excluding carboxylic acids is 1. The van der Waals surface area contributed by atoms with Gasteiger partial charge in [-0.1, -0.05) is 12.1 Å². The van der Waals surface area contributed by atoms with Crippen LogP contribution in [0.5, 0.6) is 0 Å². The smallest absolute Gasteiger partial charge is 0.292 e. The summed E-state index contributed by atoms with van der Waals surface area (Å²) in [4.78, 5) is 27.2. The number of benzene rings is 1. The Morgan fingerprint density at radius 2 is 1.79 bits per heavy atom. The molecule has 8 nitrogen and oxygen atoms in total. The van der Waals surface area contributed by atoms with Crippen LogP contribution in [0.4, 0.5) is 11.4 Å². The monoisotopic (exact) mass is 334 g/mol. The van der Waals surface area contributed by atoms with Gasteiger partial charge < -0.3 is 15.4 Å². The molecule has 0 saturated carbocycles. The summed E-state index contributed by atoms with van der Waals surface area (Å²) < 4.78 is 5.37. The molecule has 0 atom stereocenters. The molecule has 1 aromatic carbocycles. The van der Waals surface area contributed by atoms with Gasteiger partial charge in [-0.15, -0.1) is 0 Å². The van der Waals surface area contributed by atoms with E-state index >= 15 is 0 Å². The quantitative estimate of drug-likeness (QED) is 0.644. The van der Waals surface area contributed by atoms with Gasteiger partial charge in [0.25, 0.3) is 5.69 Å². The summed E-state index contributed by atoms with van der Waals surface area (Å²) in [6.07, 6.45) is 1.13. The summed E-state index contributed by atoms with van der Waals surface area (Å²) in [6.45, 7) is 3.70. The lowest BCUT2D eigenvalue weighted by Gasteiger charge is -2.48. The third-order valence-electron chi connectivity index (χ3n) is 5.08. The normalized spacial score (nSPS) is 21.4. The number of hydrogen-bond acceptors (Lipinski definition) is 6. The number of hydrogen-bond donors (Lipinski definition) is 1. The van der Waals surface area contributed by atoms with E-state index in [2.05, 4.69) is 4.90 Å². The van der Waals surface area contributed by atoms with Crippen LogP contribution in [0, 0.1) is 10.1 Å². The first-order valence-electron chi connectivity index (χ1n) is 8.16. The summed E-state index contributed by atoms with van der Waals surface area (Å²) in [5.74, 6) is -0.313. The van der Waals surface area contributed by atoms with E-state index in [1.54, 1.807) is 18.2 Å². The summed E-state index contributed by atoms with van der Waals surface area (Å²) in [6, 6.07) is 6.71. The molecule has 2 fully saturated rings. The minimum atomic E-state index is -0.677. The topological polar surface area (TPSA) is 102 Å². The Bertz CT molecular complexity index is 622. The highest BCUT2D eigenvalue weighted by molar-refractivity contribution is 5.85.